The molecule has 1 saturated heterocycles. The number of benzene rings is 1. The van der Waals surface area contributed by atoms with E-state index in [0.717, 1.165) is 25.7 Å². The first-order valence-electron chi connectivity index (χ1n) is 11.2. The fourth-order valence-electron chi connectivity index (χ4n) is 3.43. The predicted octanol–water partition coefficient (Wildman–Crippen LogP) is 1.76. The summed E-state index contributed by atoms with van der Waals surface area (Å²) in [4.78, 5) is 37.0. The van der Waals surface area contributed by atoms with Crippen molar-refractivity contribution in [1.82, 2.24) is 30.9 Å². The Kier molecular flexibility index (Phi) is 8.56. The molecule has 1 fully saturated rings. The summed E-state index contributed by atoms with van der Waals surface area (Å²) < 4.78 is 7.33. The number of hydrogen-bond acceptors (Lipinski definition) is 6. The number of allylic oxidation sites excluding steroid dienone is 1. The monoisotopic (exact) mass is 454 g/mol. The normalized spacial score (nSPS) is 15.8. The van der Waals surface area contributed by atoms with Crippen molar-refractivity contribution in [1.29, 1.82) is 0 Å². The largest absolute Gasteiger partial charge is 0.491 e. The number of carbonyl (C=O) groups is 3. The first-order chi connectivity index (χ1) is 16.0. The molecule has 0 spiro atoms. The van der Waals surface area contributed by atoms with Gasteiger partial charge in [-0.2, -0.15) is 0 Å². The van der Waals surface area contributed by atoms with E-state index in [0.29, 0.717) is 43.1 Å². The van der Waals surface area contributed by atoms with Gasteiger partial charge in [-0.05, 0) is 57.2 Å². The fraction of sp³-hybridized carbons (Fsp3) is 0.435. The van der Waals surface area contributed by atoms with Crippen molar-refractivity contribution in [3.8, 4) is 11.4 Å². The van der Waals surface area contributed by atoms with E-state index < -0.39 is 11.9 Å². The highest BCUT2D eigenvalue weighted by atomic mass is 16.5. The van der Waals surface area contributed by atoms with Crippen LogP contribution in [0.4, 0.5) is 0 Å². The Balaban J connectivity index is 1.79. The summed E-state index contributed by atoms with van der Waals surface area (Å²) in [7, 11) is 0. The third-order valence-corrected chi connectivity index (χ3v) is 5.18. The molecule has 1 aromatic carbocycles. The number of ether oxygens (including phenoxy) is 1. The minimum absolute atomic E-state index is 0.0810. The third-order valence-electron chi connectivity index (χ3n) is 5.18. The SMILES string of the molecule is C=CCCCOc1cc(C(=O)NCC)ccc1-n1cc(C(=O)NC2CCCCNC2=O)nn1. The van der Waals surface area contributed by atoms with Crippen molar-refractivity contribution in [3.63, 3.8) is 0 Å². The van der Waals surface area contributed by atoms with Crippen LogP contribution in [0.2, 0.25) is 0 Å². The maximum absolute atomic E-state index is 12.7. The molecule has 3 rings (SSSR count). The lowest BCUT2D eigenvalue weighted by Gasteiger charge is -2.14. The van der Waals surface area contributed by atoms with Crippen molar-refractivity contribution in [2.45, 2.75) is 45.1 Å². The van der Waals surface area contributed by atoms with Gasteiger partial charge in [-0.3, -0.25) is 14.4 Å². The van der Waals surface area contributed by atoms with E-state index in [9.17, 15) is 14.4 Å². The summed E-state index contributed by atoms with van der Waals surface area (Å²) in [6.07, 6.45) is 7.16. The molecule has 33 heavy (non-hydrogen) atoms. The van der Waals surface area contributed by atoms with Crippen LogP contribution in [0.3, 0.4) is 0 Å². The molecule has 2 heterocycles. The zero-order valence-electron chi connectivity index (χ0n) is 18.8. The van der Waals surface area contributed by atoms with Gasteiger partial charge in [0.2, 0.25) is 5.91 Å². The standard InChI is InChI=1S/C23H30N6O4/c1-3-5-8-13-33-20-14-16(21(30)24-4-2)10-11-19(20)29-15-18(27-28-29)23(32)26-17-9-6-7-12-25-22(17)31/h3,10-11,14-15,17H,1,4-9,12-13H2,2H3,(H,24,30)(H,25,31)(H,26,32). The van der Waals surface area contributed by atoms with Crippen LogP contribution in [-0.4, -0.2) is 58.5 Å². The van der Waals surface area contributed by atoms with Crippen molar-refractivity contribution in [2.75, 3.05) is 19.7 Å². The molecule has 1 atom stereocenters. The van der Waals surface area contributed by atoms with Crippen molar-refractivity contribution in [3.05, 3.63) is 48.3 Å². The molecular formula is C23H30N6O4. The van der Waals surface area contributed by atoms with Gasteiger partial charge < -0.3 is 20.7 Å². The van der Waals surface area contributed by atoms with Crippen LogP contribution < -0.4 is 20.7 Å². The lowest BCUT2D eigenvalue weighted by atomic mass is 10.1. The van der Waals surface area contributed by atoms with Crippen molar-refractivity contribution in [2.24, 2.45) is 0 Å². The van der Waals surface area contributed by atoms with Gasteiger partial charge in [-0.15, -0.1) is 11.7 Å². The van der Waals surface area contributed by atoms with Gasteiger partial charge in [0.05, 0.1) is 12.8 Å². The zero-order valence-corrected chi connectivity index (χ0v) is 18.8. The fourth-order valence-corrected chi connectivity index (χ4v) is 3.43. The lowest BCUT2D eigenvalue weighted by molar-refractivity contribution is -0.122. The quantitative estimate of drug-likeness (QED) is 0.371. The summed E-state index contributed by atoms with van der Waals surface area (Å²) >= 11 is 0. The van der Waals surface area contributed by atoms with Gasteiger partial charge in [-0.25, -0.2) is 4.68 Å². The number of rotatable bonds is 10. The summed E-state index contributed by atoms with van der Waals surface area (Å²) in [5.74, 6) is -0.428. The first kappa shape index (κ1) is 24.0. The summed E-state index contributed by atoms with van der Waals surface area (Å²) in [5, 5.41) is 16.3. The van der Waals surface area contributed by atoms with E-state index >= 15 is 0 Å². The minimum Gasteiger partial charge on any atom is -0.491 e. The molecule has 1 aliphatic heterocycles. The average molecular weight is 455 g/mol. The third kappa shape index (κ3) is 6.41. The molecule has 3 amide bonds. The Morgan fingerprint density at radius 2 is 2.18 bits per heavy atom. The second kappa shape index (κ2) is 11.8. The van der Waals surface area contributed by atoms with Gasteiger partial charge in [0.1, 0.15) is 17.5 Å². The molecule has 2 aromatic rings. The highest BCUT2D eigenvalue weighted by Crippen LogP contribution is 2.25. The highest BCUT2D eigenvalue weighted by Gasteiger charge is 2.24. The molecule has 0 radical (unpaired) electrons. The average Bonchev–Trinajstić information content (AvgIpc) is 3.22. The van der Waals surface area contributed by atoms with Crippen LogP contribution in [0.1, 0.15) is 59.9 Å². The minimum atomic E-state index is -0.592. The van der Waals surface area contributed by atoms with E-state index in [-0.39, 0.29) is 17.5 Å². The molecule has 0 bridgehead atoms. The van der Waals surface area contributed by atoms with Crippen LogP contribution >= 0.6 is 0 Å². The van der Waals surface area contributed by atoms with Gasteiger partial charge >= 0.3 is 0 Å². The van der Waals surface area contributed by atoms with Crippen LogP contribution in [0, 0.1) is 0 Å². The molecule has 10 heteroatoms. The van der Waals surface area contributed by atoms with Gasteiger partial charge in [0, 0.05) is 18.7 Å². The van der Waals surface area contributed by atoms with E-state index in [1.807, 2.05) is 13.0 Å². The maximum atomic E-state index is 12.7. The number of hydrogen-bond donors (Lipinski definition) is 3. The van der Waals surface area contributed by atoms with Gasteiger partial charge in [0.15, 0.2) is 5.69 Å². The Morgan fingerprint density at radius 3 is 2.97 bits per heavy atom. The van der Waals surface area contributed by atoms with Crippen molar-refractivity contribution >= 4 is 17.7 Å². The Labute approximate surface area is 192 Å². The number of nitrogens with one attached hydrogen (secondary N) is 3. The van der Waals surface area contributed by atoms with Crippen LogP contribution in [0.5, 0.6) is 5.75 Å². The molecule has 10 nitrogen and oxygen atoms in total. The molecule has 1 aromatic heterocycles. The van der Waals surface area contributed by atoms with Crippen LogP contribution in [-0.2, 0) is 4.79 Å². The number of amides is 3. The lowest BCUT2D eigenvalue weighted by Crippen LogP contribution is -2.45. The second-order valence-corrected chi connectivity index (χ2v) is 7.68. The number of carbonyl (C=O) groups excluding carboxylic acids is 3. The second-order valence-electron chi connectivity index (χ2n) is 7.68. The van der Waals surface area contributed by atoms with Gasteiger partial charge in [-0.1, -0.05) is 11.3 Å². The van der Waals surface area contributed by atoms with E-state index in [2.05, 4.69) is 32.8 Å². The molecule has 3 N–H and O–H groups in total. The van der Waals surface area contributed by atoms with Crippen LogP contribution in [0.15, 0.2) is 37.1 Å². The predicted molar refractivity (Wildman–Crippen MR) is 122 cm³/mol. The summed E-state index contributed by atoms with van der Waals surface area (Å²) in [6, 6.07) is 4.41. The summed E-state index contributed by atoms with van der Waals surface area (Å²) in [6.45, 7) is 7.10. The first-order valence-corrected chi connectivity index (χ1v) is 11.2. The van der Waals surface area contributed by atoms with Crippen LogP contribution in [0.25, 0.3) is 5.69 Å². The molecule has 0 aliphatic carbocycles. The molecule has 0 saturated carbocycles. The zero-order chi connectivity index (χ0) is 23.6. The van der Waals surface area contributed by atoms with E-state index in [4.69, 9.17) is 4.74 Å². The Bertz CT molecular complexity index is 1000. The Morgan fingerprint density at radius 1 is 1.33 bits per heavy atom. The Hall–Kier alpha value is -3.69. The number of nitrogens with zero attached hydrogens (tertiary/aromatic N) is 3. The molecule has 176 valence electrons. The van der Waals surface area contributed by atoms with Crippen molar-refractivity contribution < 1.29 is 19.1 Å². The molecule has 1 aliphatic rings. The van der Waals surface area contributed by atoms with E-state index in [1.165, 1.54) is 10.9 Å². The van der Waals surface area contributed by atoms with E-state index in [1.54, 1.807) is 18.2 Å². The summed E-state index contributed by atoms with van der Waals surface area (Å²) in [5.41, 5.74) is 1.08. The highest BCUT2D eigenvalue weighted by molar-refractivity contribution is 5.96. The molecule has 1 unspecified atom stereocenters. The number of unbranched alkanes of at least 4 members (excludes halogenated alkanes) is 1. The number of aromatic nitrogens is 3. The van der Waals surface area contributed by atoms with Gasteiger partial charge in [0.25, 0.3) is 11.8 Å². The smallest absolute Gasteiger partial charge is 0.274 e. The topological polar surface area (TPSA) is 127 Å². The maximum Gasteiger partial charge on any atom is 0.274 e. The molecular weight excluding hydrogens is 424 g/mol.